The van der Waals surface area contributed by atoms with E-state index in [0.29, 0.717) is 6.04 Å². The van der Waals surface area contributed by atoms with Crippen LogP contribution in [0.1, 0.15) is 24.4 Å². The van der Waals surface area contributed by atoms with Crippen LogP contribution < -0.4 is 0 Å². The molecule has 1 aromatic carbocycles. The van der Waals surface area contributed by atoms with Gasteiger partial charge in [-0.3, -0.25) is 9.88 Å². The van der Waals surface area contributed by atoms with E-state index in [4.69, 9.17) is 4.98 Å². The highest BCUT2D eigenvalue weighted by molar-refractivity contribution is 7.16. The number of imidazole rings is 1. The Bertz CT molecular complexity index is 1050. The summed E-state index contributed by atoms with van der Waals surface area (Å²) >= 11 is 1.69. The maximum absolute atomic E-state index is 4.86. The molecule has 6 heteroatoms. The molecule has 0 amide bonds. The summed E-state index contributed by atoms with van der Waals surface area (Å²) in [7, 11) is 0. The third-order valence-corrected chi connectivity index (χ3v) is 5.98. The molecular formula is C20H19N5S. The average molecular weight is 361 g/mol. The first kappa shape index (κ1) is 15.7. The summed E-state index contributed by atoms with van der Waals surface area (Å²) in [5, 5.41) is 0. The van der Waals surface area contributed by atoms with Crippen molar-refractivity contribution < 1.29 is 0 Å². The van der Waals surface area contributed by atoms with Crippen LogP contribution >= 0.6 is 11.3 Å². The Morgan fingerprint density at radius 3 is 3.04 bits per heavy atom. The predicted molar refractivity (Wildman–Crippen MR) is 104 cm³/mol. The van der Waals surface area contributed by atoms with Crippen molar-refractivity contribution in [1.29, 1.82) is 0 Å². The van der Waals surface area contributed by atoms with Crippen LogP contribution in [-0.2, 0) is 13.1 Å². The third-order valence-electron chi connectivity index (χ3n) is 5.17. The molecule has 0 aliphatic carbocycles. The molecule has 0 spiro atoms. The molecule has 0 bridgehead atoms. The minimum atomic E-state index is 0.341. The molecular weight excluding hydrogens is 342 g/mol. The van der Waals surface area contributed by atoms with Crippen LogP contribution in [0.25, 0.3) is 21.5 Å². The van der Waals surface area contributed by atoms with Crippen molar-refractivity contribution in [3.05, 3.63) is 65.8 Å². The average Bonchev–Trinajstić information content (AvgIpc) is 3.33. The summed E-state index contributed by atoms with van der Waals surface area (Å²) in [6.45, 7) is 5.11. The molecule has 0 unspecified atom stereocenters. The van der Waals surface area contributed by atoms with Crippen molar-refractivity contribution in [2.45, 2.75) is 26.1 Å². The summed E-state index contributed by atoms with van der Waals surface area (Å²) in [5.41, 5.74) is 6.40. The lowest BCUT2D eigenvalue weighted by molar-refractivity contribution is 0.163. The van der Waals surface area contributed by atoms with E-state index in [1.807, 2.05) is 17.8 Å². The van der Waals surface area contributed by atoms with Crippen molar-refractivity contribution in [2.24, 2.45) is 0 Å². The number of pyridine rings is 1. The number of thiazole rings is 1. The van der Waals surface area contributed by atoms with Crippen LogP contribution in [0.2, 0.25) is 0 Å². The third kappa shape index (κ3) is 2.71. The number of nitrogens with zero attached hydrogens (tertiary/aromatic N) is 5. The molecule has 26 heavy (non-hydrogen) atoms. The van der Waals surface area contributed by atoms with E-state index in [1.54, 1.807) is 17.5 Å². The predicted octanol–water partition coefficient (Wildman–Crippen LogP) is 4.13. The molecule has 1 aliphatic rings. The fourth-order valence-electron chi connectivity index (χ4n) is 3.60. The first-order valence-corrected chi connectivity index (χ1v) is 9.69. The Labute approximate surface area is 156 Å². The number of aromatic nitrogens is 4. The first-order chi connectivity index (χ1) is 12.8. The number of hydrogen-bond donors (Lipinski definition) is 0. The number of benzene rings is 1. The van der Waals surface area contributed by atoms with Gasteiger partial charge >= 0.3 is 0 Å². The van der Waals surface area contributed by atoms with Gasteiger partial charge in [-0.1, -0.05) is 6.07 Å². The molecule has 0 N–H and O–H groups in total. The van der Waals surface area contributed by atoms with Gasteiger partial charge in [-0.25, -0.2) is 9.97 Å². The molecule has 5 rings (SSSR count). The van der Waals surface area contributed by atoms with Crippen molar-refractivity contribution in [3.8, 4) is 11.3 Å². The smallest absolute Gasteiger partial charge is 0.123 e. The zero-order valence-corrected chi connectivity index (χ0v) is 15.4. The Kier molecular flexibility index (Phi) is 3.80. The van der Waals surface area contributed by atoms with E-state index in [2.05, 4.69) is 56.8 Å². The molecule has 130 valence electrons. The molecule has 4 heterocycles. The fourth-order valence-corrected chi connectivity index (χ4v) is 4.26. The van der Waals surface area contributed by atoms with E-state index < -0.39 is 0 Å². The highest BCUT2D eigenvalue weighted by Crippen LogP contribution is 2.29. The van der Waals surface area contributed by atoms with Gasteiger partial charge in [0.2, 0.25) is 0 Å². The molecule has 0 saturated heterocycles. The van der Waals surface area contributed by atoms with E-state index in [9.17, 15) is 0 Å². The first-order valence-electron chi connectivity index (χ1n) is 8.81. The van der Waals surface area contributed by atoms with Crippen molar-refractivity contribution in [1.82, 2.24) is 24.4 Å². The Hall–Kier alpha value is -2.57. The summed E-state index contributed by atoms with van der Waals surface area (Å²) in [6.07, 6.45) is 5.82. The van der Waals surface area contributed by atoms with Gasteiger partial charge in [-0.2, -0.15) is 0 Å². The van der Waals surface area contributed by atoms with Crippen molar-refractivity contribution >= 4 is 21.6 Å². The number of fused-ring (bicyclic) bond motifs is 2. The fraction of sp³-hybridized carbons (Fsp3) is 0.250. The normalized spacial score (nSPS) is 15.9. The van der Waals surface area contributed by atoms with Gasteiger partial charge < -0.3 is 4.57 Å². The van der Waals surface area contributed by atoms with Crippen molar-refractivity contribution in [3.63, 3.8) is 0 Å². The van der Waals surface area contributed by atoms with Gasteiger partial charge in [0.25, 0.3) is 0 Å². The lowest BCUT2D eigenvalue weighted by Crippen LogP contribution is -2.35. The molecule has 5 nitrogen and oxygen atoms in total. The topological polar surface area (TPSA) is 46.8 Å². The van der Waals surface area contributed by atoms with Gasteiger partial charge in [-0.05, 0) is 36.8 Å². The molecule has 0 fully saturated rings. The van der Waals surface area contributed by atoms with Crippen LogP contribution in [0.15, 0.2) is 54.4 Å². The number of rotatable bonds is 3. The maximum Gasteiger partial charge on any atom is 0.123 e. The molecule has 4 aromatic rings. The van der Waals surface area contributed by atoms with Gasteiger partial charge in [0.15, 0.2) is 0 Å². The second-order valence-corrected chi connectivity index (χ2v) is 7.59. The SMILES string of the molecule is C[C@@H](c1ccc2scnc2c1)N1CCn2cc(-c3cccnc3)nc2C1. The largest absolute Gasteiger partial charge is 0.332 e. The summed E-state index contributed by atoms with van der Waals surface area (Å²) in [4.78, 5) is 16.0. The van der Waals surface area contributed by atoms with E-state index in [1.165, 1.54) is 10.3 Å². The minimum absolute atomic E-state index is 0.341. The van der Waals surface area contributed by atoms with Gasteiger partial charge in [0, 0.05) is 43.3 Å². The summed E-state index contributed by atoms with van der Waals surface area (Å²) in [6, 6.07) is 11.0. The summed E-state index contributed by atoms with van der Waals surface area (Å²) in [5.74, 6) is 1.12. The monoisotopic (exact) mass is 361 g/mol. The second-order valence-electron chi connectivity index (χ2n) is 6.70. The van der Waals surface area contributed by atoms with Crippen LogP contribution in [0.3, 0.4) is 0 Å². The minimum Gasteiger partial charge on any atom is -0.332 e. The van der Waals surface area contributed by atoms with E-state index >= 15 is 0 Å². The quantitative estimate of drug-likeness (QED) is 0.550. The molecule has 1 atom stereocenters. The highest BCUT2D eigenvalue weighted by atomic mass is 32.1. The van der Waals surface area contributed by atoms with Gasteiger partial charge in [-0.15, -0.1) is 11.3 Å². The Morgan fingerprint density at radius 2 is 2.15 bits per heavy atom. The van der Waals surface area contributed by atoms with Crippen LogP contribution in [0.5, 0.6) is 0 Å². The highest BCUT2D eigenvalue weighted by Gasteiger charge is 2.24. The zero-order chi connectivity index (χ0) is 17.5. The van der Waals surface area contributed by atoms with Gasteiger partial charge in [0.05, 0.1) is 28.0 Å². The van der Waals surface area contributed by atoms with Crippen LogP contribution in [0.4, 0.5) is 0 Å². The zero-order valence-electron chi connectivity index (χ0n) is 14.5. The lowest BCUT2D eigenvalue weighted by atomic mass is 10.1. The lowest BCUT2D eigenvalue weighted by Gasteiger charge is -2.33. The maximum atomic E-state index is 4.86. The van der Waals surface area contributed by atoms with Crippen molar-refractivity contribution in [2.75, 3.05) is 6.54 Å². The standard InChI is InChI=1S/C20H19N5S/c1-14(15-4-5-19-17(9-15)22-13-26-19)24-7-8-25-11-18(23-20(25)12-24)16-3-2-6-21-10-16/h2-6,9-11,13-14H,7-8,12H2,1H3/t14-/m0/s1. The van der Waals surface area contributed by atoms with E-state index in [0.717, 1.165) is 42.2 Å². The van der Waals surface area contributed by atoms with Gasteiger partial charge in [0.1, 0.15) is 5.82 Å². The van der Waals surface area contributed by atoms with Crippen LogP contribution in [0, 0.1) is 0 Å². The Balaban J connectivity index is 1.40. The molecule has 0 saturated carbocycles. The molecule has 0 radical (unpaired) electrons. The molecule has 3 aromatic heterocycles. The summed E-state index contributed by atoms with van der Waals surface area (Å²) < 4.78 is 3.52. The van der Waals surface area contributed by atoms with Crippen LogP contribution in [-0.4, -0.2) is 31.0 Å². The number of hydrogen-bond acceptors (Lipinski definition) is 5. The van der Waals surface area contributed by atoms with E-state index in [-0.39, 0.29) is 0 Å². The second kappa shape index (κ2) is 6.30. The Morgan fingerprint density at radius 1 is 1.19 bits per heavy atom. The molecule has 1 aliphatic heterocycles.